The number of nitrogens with zero attached hydrogens (tertiary/aromatic N) is 2. The number of benzene rings is 1. The number of halogens is 1. The maximum atomic E-state index is 13.2. The molecular weight excluding hydrogens is 321 g/mol. The van der Waals surface area contributed by atoms with Gasteiger partial charge in [-0.2, -0.15) is 0 Å². The Morgan fingerprint density at radius 1 is 1.28 bits per heavy atom. The van der Waals surface area contributed by atoms with Crippen molar-refractivity contribution in [2.45, 2.75) is 31.7 Å². The minimum Gasteiger partial charge on any atom is -0.379 e. The van der Waals surface area contributed by atoms with Crippen molar-refractivity contribution in [2.24, 2.45) is 0 Å². The molecular formula is C19H28FN3O2. The predicted molar refractivity (Wildman–Crippen MR) is 95.1 cm³/mol. The molecule has 2 amide bonds. The first-order valence-electron chi connectivity index (χ1n) is 9.31. The number of carbonyl (C=O) groups is 1. The zero-order valence-electron chi connectivity index (χ0n) is 14.8. The van der Waals surface area contributed by atoms with Gasteiger partial charge in [0.25, 0.3) is 0 Å². The summed E-state index contributed by atoms with van der Waals surface area (Å²) in [5.41, 5.74) is 0.973. The van der Waals surface area contributed by atoms with Gasteiger partial charge in [-0.3, -0.25) is 4.90 Å². The van der Waals surface area contributed by atoms with Crippen LogP contribution in [0.4, 0.5) is 9.18 Å². The molecule has 0 aromatic heterocycles. The molecule has 25 heavy (non-hydrogen) atoms. The Balaban J connectivity index is 1.39. The van der Waals surface area contributed by atoms with Gasteiger partial charge < -0.3 is 15.0 Å². The van der Waals surface area contributed by atoms with Crippen molar-refractivity contribution in [1.29, 1.82) is 0 Å². The maximum absolute atomic E-state index is 13.2. The van der Waals surface area contributed by atoms with Gasteiger partial charge in [0, 0.05) is 38.8 Å². The first kappa shape index (κ1) is 18.1. The van der Waals surface area contributed by atoms with E-state index in [1.54, 1.807) is 12.1 Å². The second kappa shape index (κ2) is 9.15. The molecule has 2 aliphatic rings. The number of morpholine rings is 1. The average Bonchev–Trinajstić information content (AvgIpc) is 3.08. The minimum absolute atomic E-state index is 0.0370. The molecule has 0 aliphatic carbocycles. The molecule has 2 fully saturated rings. The van der Waals surface area contributed by atoms with Gasteiger partial charge in [-0.15, -0.1) is 0 Å². The van der Waals surface area contributed by atoms with E-state index in [4.69, 9.17) is 4.74 Å². The van der Waals surface area contributed by atoms with Gasteiger partial charge in [0.05, 0.1) is 13.2 Å². The topological polar surface area (TPSA) is 44.8 Å². The largest absolute Gasteiger partial charge is 0.379 e. The number of urea groups is 1. The summed E-state index contributed by atoms with van der Waals surface area (Å²) >= 11 is 0. The molecule has 0 radical (unpaired) electrons. The van der Waals surface area contributed by atoms with E-state index in [1.807, 2.05) is 11.0 Å². The second-order valence-electron chi connectivity index (χ2n) is 6.87. The monoisotopic (exact) mass is 349 g/mol. The smallest absolute Gasteiger partial charge is 0.317 e. The van der Waals surface area contributed by atoms with E-state index >= 15 is 0 Å². The van der Waals surface area contributed by atoms with Gasteiger partial charge in [0.2, 0.25) is 0 Å². The van der Waals surface area contributed by atoms with Crippen LogP contribution in [0.3, 0.4) is 0 Å². The van der Waals surface area contributed by atoms with Crippen LogP contribution in [0.1, 0.15) is 24.8 Å². The first-order valence-corrected chi connectivity index (χ1v) is 9.31. The lowest BCUT2D eigenvalue weighted by molar-refractivity contribution is 0.0292. The van der Waals surface area contributed by atoms with Crippen molar-refractivity contribution in [3.63, 3.8) is 0 Å². The number of likely N-dealkylation sites (tertiary alicyclic amines) is 1. The van der Waals surface area contributed by atoms with E-state index < -0.39 is 0 Å². The Labute approximate surface area is 149 Å². The number of nitrogens with one attached hydrogen (secondary N) is 1. The summed E-state index contributed by atoms with van der Waals surface area (Å²) < 4.78 is 18.5. The summed E-state index contributed by atoms with van der Waals surface area (Å²) in [5, 5.41) is 3.03. The molecule has 6 heteroatoms. The zero-order chi connectivity index (χ0) is 17.5. The minimum atomic E-state index is -0.204. The normalized spacial score (nSPS) is 21.5. The number of rotatable bonds is 6. The Kier molecular flexibility index (Phi) is 6.64. The Hall–Kier alpha value is -1.66. The lowest BCUT2D eigenvalue weighted by Crippen LogP contribution is -2.49. The molecule has 1 aromatic rings. The van der Waals surface area contributed by atoms with Crippen LogP contribution in [0.25, 0.3) is 0 Å². The van der Waals surface area contributed by atoms with Gasteiger partial charge in [-0.05, 0) is 43.4 Å². The molecule has 0 bridgehead atoms. The third-order valence-corrected chi connectivity index (χ3v) is 5.02. The van der Waals surface area contributed by atoms with Crippen molar-refractivity contribution >= 4 is 6.03 Å². The van der Waals surface area contributed by atoms with Crippen molar-refractivity contribution in [2.75, 3.05) is 45.9 Å². The fraction of sp³-hybridized carbons (Fsp3) is 0.632. The Morgan fingerprint density at radius 2 is 2.12 bits per heavy atom. The Bertz CT molecular complexity index is 563. The van der Waals surface area contributed by atoms with Gasteiger partial charge in [-0.25, -0.2) is 9.18 Å². The highest BCUT2D eigenvalue weighted by Gasteiger charge is 2.30. The molecule has 1 atom stereocenters. The SMILES string of the molecule is O=C(NCCCc1cccc(F)c1)N1CCCC1CN1CCOCC1. The highest BCUT2D eigenvalue weighted by Crippen LogP contribution is 2.19. The average molecular weight is 349 g/mol. The van der Waals surface area contributed by atoms with Crippen molar-refractivity contribution in [3.8, 4) is 0 Å². The van der Waals surface area contributed by atoms with Crippen molar-refractivity contribution in [1.82, 2.24) is 15.1 Å². The molecule has 138 valence electrons. The standard InChI is InChI=1S/C19H28FN3O2/c20-17-6-1-4-16(14-17)5-2-8-21-19(24)23-9-3-7-18(23)15-22-10-12-25-13-11-22/h1,4,6,14,18H,2-3,5,7-13,15H2,(H,21,24). The summed E-state index contributed by atoms with van der Waals surface area (Å²) in [7, 11) is 0. The zero-order valence-corrected chi connectivity index (χ0v) is 14.8. The molecule has 0 spiro atoms. The summed E-state index contributed by atoms with van der Waals surface area (Å²) in [6.07, 6.45) is 3.74. The summed E-state index contributed by atoms with van der Waals surface area (Å²) in [6, 6.07) is 7.00. The second-order valence-corrected chi connectivity index (χ2v) is 6.87. The van der Waals surface area contributed by atoms with Crippen LogP contribution in [-0.2, 0) is 11.2 Å². The van der Waals surface area contributed by atoms with Crippen LogP contribution < -0.4 is 5.32 Å². The molecule has 3 rings (SSSR count). The van der Waals surface area contributed by atoms with E-state index in [-0.39, 0.29) is 11.8 Å². The number of hydrogen-bond acceptors (Lipinski definition) is 3. The molecule has 2 saturated heterocycles. The molecule has 1 unspecified atom stereocenters. The fourth-order valence-electron chi connectivity index (χ4n) is 3.66. The van der Waals surface area contributed by atoms with E-state index in [2.05, 4.69) is 10.2 Å². The number of hydrogen-bond donors (Lipinski definition) is 1. The number of ether oxygens (including phenoxy) is 1. The van der Waals surface area contributed by atoms with E-state index in [1.165, 1.54) is 6.07 Å². The van der Waals surface area contributed by atoms with Crippen LogP contribution in [-0.4, -0.2) is 67.8 Å². The number of carbonyl (C=O) groups excluding carboxylic acids is 1. The van der Waals surface area contributed by atoms with Crippen LogP contribution in [0.5, 0.6) is 0 Å². The molecule has 1 N–H and O–H groups in total. The quantitative estimate of drug-likeness (QED) is 0.802. The molecule has 2 aliphatic heterocycles. The van der Waals surface area contributed by atoms with E-state index in [0.29, 0.717) is 12.6 Å². The van der Waals surface area contributed by atoms with E-state index in [9.17, 15) is 9.18 Å². The molecule has 2 heterocycles. The molecule has 5 nitrogen and oxygen atoms in total. The predicted octanol–water partition coefficient (Wildman–Crippen LogP) is 2.26. The molecule has 1 aromatic carbocycles. The maximum Gasteiger partial charge on any atom is 0.317 e. The third-order valence-electron chi connectivity index (χ3n) is 5.02. The van der Waals surface area contributed by atoms with Crippen molar-refractivity contribution in [3.05, 3.63) is 35.6 Å². The lowest BCUT2D eigenvalue weighted by atomic mass is 10.1. The van der Waals surface area contributed by atoms with Gasteiger partial charge >= 0.3 is 6.03 Å². The van der Waals surface area contributed by atoms with Crippen molar-refractivity contribution < 1.29 is 13.9 Å². The van der Waals surface area contributed by atoms with Crippen LogP contribution in [0.2, 0.25) is 0 Å². The Morgan fingerprint density at radius 3 is 2.92 bits per heavy atom. The summed E-state index contributed by atoms with van der Waals surface area (Å²) in [5.74, 6) is -0.204. The van der Waals surface area contributed by atoms with Gasteiger partial charge in [0.1, 0.15) is 5.82 Å². The van der Waals surface area contributed by atoms with Crippen LogP contribution >= 0.6 is 0 Å². The number of amides is 2. The highest BCUT2D eigenvalue weighted by atomic mass is 19.1. The molecule has 0 saturated carbocycles. The van der Waals surface area contributed by atoms with Crippen LogP contribution in [0.15, 0.2) is 24.3 Å². The van der Waals surface area contributed by atoms with Gasteiger partial charge in [-0.1, -0.05) is 12.1 Å². The van der Waals surface area contributed by atoms with Gasteiger partial charge in [0.15, 0.2) is 0 Å². The van der Waals surface area contributed by atoms with Crippen LogP contribution in [0, 0.1) is 5.82 Å². The fourth-order valence-corrected chi connectivity index (χ4v) is 3.66. The lowest BCUT2D eigenvalue weighted by Gasteiger charge is -2.32. The summed E-state index contributed by atoms with van der Waals surface area (Å²) in [6.45, 7) is 5.90. The highest BCUT2D eigenvalue weighted by molar-refractivity contribution is 5.74. The number of aryl methyl sites for hydroxylation is 1. The van der Waals surface area contributed by atoms with E-state index in [0.717, 1.165) is 70.6 Å². The first-order chi connectivity index (χ1) is 12.2. The third kappa shape index (κ3) is 5.41. The summed E-state index contributed by atoms with van der Waals surface area (Å²) in [4.78, 5) is 16.9.